The summed E-state index contributed by atoms with van der Waals surface area (Å²) in [4.78, 5) is 37.3. The van der Waals surface area contributed by atoms with Crippen LogP contribution in [-0.4, -0.2) is 59.0 Å². The average Bonchev–Trinajstić information content (AvgIpc) is 3.08. The second-order valence-corrected chi connectivity index (χ2v) is 11.6. The number of allylic oxidation sites excluding steroid dienone is 4. The van der Waals surface area contributed by atoms with Crippen LogP contribution in [0.1, 0.15) is 50.4 Å². The van der Waals surface area contributed by atoms with Gasteiger partial charge < -0.3 is 24.4 Å². The van der Waals surface area contributed by atoms with Crippen molar-refractivity contribution in [2.24, 2.45) is 28.6 Å². The van der Waals surface area contributed by atoms with Crippen molar-refractivity contribution in [1.29, 1.82) is 0 Å². The number of halogens is 2. The molecular formula is C29H32F2O8. The zero-order valence-electron chi connectivity index (χ0n) is 22.1. The molecule has 0 spiro atoms. The van der Waals surface area contributed by atoms with E-state index < -0.39 is 70.2 Å². The third-order valence-corrected chi connectivity index (χ3v) is 9.88. The third kappa shape index (κ3) is 3.59. The molecule has 0 aromatic heterocycles. The fraction of sp³-hybridized carbons (Fsp3) is 0.552. The minimum atomic E-state index is -2.36. The molecule has 0 heterocycles. The summed E-state index contributed by atoms with van der Waals surface area (Å²) in [5.41, 5.74) is -5.24. The number of carboxylic acid groups (broad SMARTS) is 1. The van der Waals surface area contributed by atoms with E-state index in [1.54, 1.807) is 26.0 Å². The van der Waals surface area contributed by atoms with E-state index in [4.69, 9.17) is 14.2 Å². The van der Waals surface area contributed by atoms with Crippen LogP contribution in [0.3, 0.4) is 0 Å². The first-order chi connectivity index (χ1) is 18.2. The van der Waals surface area contributed by atoms with Crippen LogP contribution < -0.4 is 4.74 Å². The van der Waals surface area contributed by atoms with Crippen molar-refractivity contribution in [3.05, 3.63) is 53.6 Å². The molecule has 4 aliphatic carbocycles. The molecule has 0 radical (unpaired) electrons. The third-order valence-electron chi connectivity index (χ3n) is 9.88. The van der Waals surface area contributed by atoms with Gasteiger partial charge in [0.15, 0.2) is 11.5 Å². The lowest BCUT2D eigenvalue weighted by Gasteiger charge is -2.62. The molecule has 0 aliphatic heterocycles. The highest BCUT2D eigenvalue weighted by Gasteiger charge is 2.78. The second kappa shape index (κ2) is 8.87. The van der Waals surface area contributed by atoms with Gasteiger partial charge >= 0.3 is 12.1 Å². The van der Waals surface area contributed by atoms with E-state index in [1.165, 1.54) is 38.3 Å². The molecule has 3 saturated carbocycles. The van der Waals surface area contributed by atoms with Gasteiger partial charge in [-0.25, -0.2) is 18.4 Å². The largest absolute Gasteiger partial charge is 0.509 e. The second-order valence-electron chi connectivity index (χ2n) is 11.6. The van der Waals surface area contributed by atoms with Gasteiger partial charge in [0.2, 0.25) is 0 Å². The van der Waals surface area contributed by atoms with E-state index in [2.05, 4.69) is 0 Å². The molecule has 5 rings (SSSR count). The Morgan fingerprint density at radius 1 is 1.08 bits per heavy atom. The number of alkyl halides is 2. The minimum Gasteiger partial charge on any atom is -0.497 e. The number of rotatable bonds is 4. The number of hydrogen-bond donors (Lipinski definition) is 2. The maximum atomic E-state index is 17.4. The molecule has 9 atom stereocenters. The van der Waals surface area contributed by atoms with Crippen molar-refractivity contribution in [2.75, 3.05) is 7.11 Å². The average molecular weight is 547 g/mol. The van der Waals surface area contributed by atoms with E-state index in [9.17, 15) is 24.6 Å². The van der Waals surface area contributed by atoms with Gasteiger partial charge in [-0.05, 0) is 74.1 Å². The van der Waals surface area contributed by atoms with Crippen LogP contribution in [0, 0.1) is 28.6 Å². The van der Waals surface area contributed by atoms with Gasteiger partial charge in [-0.3, -0.25) is 4.79 Å². The molecule has 0 unspecified atom stereocenters. The Balaban J connectivity index is 1.59. The molecule has 1 aromatic carbocycles. The Morgan fingerprint density at radius 2 is 1.74 bits per heavy atom. The summed E-state index contributed by atoms with van der Waals surface area (Å²) < 4.78 is 49.5. The van der Waals surface area contributed by atoms with Crippen LogP contribution in [0.15, 0.2) is 48.1 Å². The van der Waals surface area contributed by atoms with Gasteiger partial charge in [-0.1, -0.05) is 19.9 Å². The number of carbonyl (C=O) groups is 3. The zero-order chi connectivity index (χ0) is 28.5. The summed E-state index contributed by atoms with van der Waals surface area (Å²) in [5.74, 6) is -5.43. The number of aliphatic hydroxyl groups excluding tert-OH is 1. The van der Waals surface area contributed by atoms with Crippen molar-refractivity contribution in [2.45, 2.75) is 63.8 Å². The standard InChI is InChI=1S/C29H32F2O8/c1-15-11-19-20-13-22(30)21-12-17(32)9-10-26(21,2)28(20,31)23(33)14-27(19,3)29(15,39-25(35)36)38-24(34)16-5-7-18(37-4)8-6-16/h5-10,12,15,19-20,22-23,33H,11,13-14H2,1-4H3,(H,35,36)/t15-,19+,20+,22+,23+,26+,27+,28+,29+/m1/s1. The summed E-state index contributed by atoms with van der Waals surface area (Å²) >= 11 is 0. The lowest BCUT2D eigenvalue weighted by Crippen LogP contribution is -2.70. The Labute approximate surface area is 224 Å². The highest BCUT2D eigenvalue weighted by Crippen LogP contribution is 2.71. The molecule has 8 nitrogen and oxygen atoms in total. The number of ketones is 1. The van der Waals surface area contributed by atoms with E-state index in [-0.39, 0.29) is 30.4 Å². The summed E-state index contributed by atoms with van der Waals surface area (Å²) in [7, 11) is 1.47. The van der Waals surface area contributed by atoms with Crippen LogP contribution in [0.25, 0.3) is 0 Å². The number of benzene rings is 1. The lowest BCUT2D eigenvalue weighted by atomic mass is 9.45. The first kappa shape index (κ1) is 27.3. The lowest BCUT2D eigenvalue weighted by molar-refractivity contribution is -0.289. The summed E-state index contributed by atoms with van der Waals surface area (Å²) in [5, 5.41) is 21.2. The van der Waals surface area contributed by atoms with Gasteiger partial charge in [0, 0.05) is 17.3 Å². The molecule has 39 heavy (non-hydrogen) atoms. The fourth-order valence-corrected chi connectivity index (χ4v) is 8.00. The van der Waals surface area contributed by atoms with Crippen LogP contribution >= 0.6 is 0 Å². The Kier molecular flexibility index (Phi) is 6.21. The summed E-state index contributed by atoms with van der Waals surface area (Å²) in [6.45, 7) is 4.73. The molecule has 210 valence electrons. The van der Waals surface area contributed by atoms with E-state index in [1.807, 2.05) is 0 Å². The van der Waals surface area contributed by atoms with E-state index in [0.29, 0.717) is 5.75 Å². The molecule has 0 saturated heterocycles. The number of ether oxygens (including phenoxy) is 3. The van der Waals surface area contributed by atoms with Crippen LogP contribution in [-0.2, 0) is 14.3 Å². The number of carbonyl (C=O) groups excluding carboxylic acids is 2. The Bertz CT molecular complexity index is 1280. The molecule has 4 aliphatic rings. The van der Waals surface area contributed by atoms with Crippen molar-refractivity contribution in [3.63, 3.8) is 0 Å². The van der Waals surface area contributed by atoms with Crippen molar-refractivity contribution < 1.29 is 47.6 Å². The van der Waals surface area contributed by atoms with Gasteiger partial charge in [0.05, 0.1) is 24.2 Å². The molecule has 0 amide bonds. The van der Waals surface area contributed by atoms with Gasteiger partial charge in [0.1, 0.15) is 11.9 Å². The van der Waals surface area contributed by atoms with Crippen molar-refractivity contribution in [3.8, 4) is 5.75 Å². The van der Waals surface area contributed by atoms with Crippen molar-refractivity contribution in [1.82, 2.24) is 0 Å². The summed E-state index contributed by atoms with van der Waals surface area (Å²) in [6.07, 6.45) is -1.91. The van der Waals surface area contributed by atoms with Gasteiger partial charge in [-0.2, -0.15) is 0 Å². The molecule has 10 heteroatoms. The maximum Gasteiger partial charge on any atom is 0.509 e. The van der Waals surface area contributed by atoms with Gasteiger partial charge in [-0.15, -0.1) is 0 Å². The van der Waals surface area contributed by atoms with Crippen LogP contribution in [0.5, 0.6) is 5.75 Å². The van der Waals surface area contributed by atoms with Crippen LogP contribution in [0.2, 0.25) is 0 Å². The number of hydrogen-bond acceptors (Lipinski definition) is 7. The molecule has 0 bridgehead atoms. The predicted octanol–water partition coefficient (Wildman–Crippen LogP) is 4.81. The first-order valence-corrected chi connectivity index (χ1v) is 13.0. The number of fused-ring (bicyclic) bond motifs is 5. The molecule has 1 aromatic rings. The highest BCUT2D eigenvalue weighted by atomic mass is 19.1. The molecule has 3 fully saturated rings. The monoisotopic (exact) mass is 546 g/mol. The Hall–Kier alpha value is -3.27. The minimum absolute atomic E-state index is 0.0126. The zero-order valence-corrected chi connectivity index (χ0v) is 22.1. The maximum absolute atomic E-state index is 17.4. The van der Waals surface area contributed by atoms with E-state index >= 15 is 8.78 Å². The van der Waals surface area contributed by atoms with Gasteiger partial charge in [0.25, 0.3) is 5.79 Å². The molecular weight excluding hydrogens is 514 g/mol. The SMILES string of the molecule is COc1ccc(C(=O)O[C@]2(OC(=O)O)[C@H](C)C[C@H]3[C@@H]4C[C@H](F)C5=CC(=O)C=C[C@]5(C)[C@@]4(F)[C@@H](O)C[C@@]32C)cc1. The Morgan fingerprint density at radius 3 is 2.36 bits per heavy atom. The number of aliphatic hydroxyl groups is 1. The van der Waals surface area contributed by atoms with E-state index in [0.717, 1.165) is 6.08 Å². The summed E-state index contributed by atoms with van der Waals surface area (Å²) in [6, 6.07) is 6.00. The predicted molar refractivity (Wildman–Crippen MR) is 133 cm³/mol. The quantitative estimate of drug-likeness (QED) is 0.408. The van der Waals surface area contributed by atoms with Crippen LogP contribution in [0.4, 0.5) is 13.6 Å². The normalized spacial score (nSPS) is 42.5. The molecule has 2 N–H and O–H groups in total. The smallest absolute Gasteiger partial charge is 0.497 e. The highest BCUT2D eigenvalue weighted by molar-refractivity contribution is 6.01. The van der Waals surface area contributed by atoms with Crippen molar-refractivity contribution >= 4 is 17.9 Å². The fourth-order valence-electron chi connectivity index (χ4n) is 8.00. The number of methoxy groups -OCH3 is 1. The topological polar surface area (TPSA) is 119 Å². The first-order valence-electron chi connectivity index (χ1n) is 13.0. The number of esters is 1.